The van der Waals surface area contributed by atoms with Gasteiger partial charge >= 0.3 is 6.18 Å². The van der Waals surface area contributed by atoms with E-state index in [1.54, 1.807) is 11.8 Å². The van der Waals surface area contributed by atoms with Gasteiger partial charge in [0.05, 0.1) is 16.9 Å². The van der Waals surface area contributed by atoms with Crippen LogP contribution >= 0.6 is 23.5 Å². The summed E-state index contributed by atoms with van der Waals surface area (Å²) in [6.07, 6.45) is -4.46. The molecule has 6 aliphatic rings. The van der Waals surface area contributed by atoms with Crippen LogP contribution in [0, 0.1) is 34.6 Å². The topological polar surface area (TPSA) is 24.9 Å². The maximum atomic E-state index is 14.0. The first-order valence-electron chi connectivity index (χ1n) is 39.7. The second-order valence-electron chi connectivity index (χ2n) is 31.4. The Morgan fingerprint density at radius 3 is 1.12 bits per heavy atom. The van der Waals surface area contributed by atoms with Crippen LogP contribution in [0.15, 0.2) is 377 Å². The van der Waals surface area contributed by atoms with Gasteiger partial charge in [0.1, 0.15) is 23.0 Å². The zero-order valence-corrected chi connectivity index (χ0v) is 68.1. The molecule has 0 N–H and O–H groups in total. The predicted octanol–water partition coefficient (Wildman–Crippen LogP) is 14.9. The number of nitrogens with zero attached hydrogens (tertiary/aromatic N) is 2. The smallest absolute Gasteiger partial charge is 0.416 e. The van der Waals surface area contributed by atoms with Crippen molar-refractivity contribution in [2.24, 2.45) is 0 Å². The molecule has 0 saturated carbocycles. The molecule has 0 unspecified atom stereocenters. The average molecular weight is 1570 g/mol. The maximum Gasteiger partial charge on any atom is 0.416 e. The number of halogens is 3. The molecule has 0 radical (unpaired) electrons. The summed E-state index contributed by atoms with van der Waals surface area (Å²) in [6.45, 7) is 11.0. The molecule has 0 spiro atoms. The molecule has 14 heteroatoms. The molecule has 0 aromatic heterocycles. The van der Waals surface area contributed by atoms with Crippen molar-refractivity contribution < 1.29 is 22.6 Å². The second kappa shape index (κ2) is 28.1. The molecule has 116 heavy (non-hydrogen) atoms. The summed E-state index contributed by atoms with van der Waals surface area (Å²) >= 11 is 3.52. The Hall–Kier alpha value is -12.2. The van der Waals surface area contributed by atoms with Gasteiger partial charge in [0.15, 0.2) is 16.1 Å². The summed E-state index contributed by atoms with van der Waals surface area (Å²) in [6, 6.07) is 129. The van der Waals surface area contributed by atoms with Crippen LogP contribution in [0.3, 0.4) is 0 Å². The highest BCUT2D eigenvalue weighted by molar-refractivity contribution is 8.00. The number of benzene rings is 16. The third-order valence-electron chi connectivity index (χ3n) is 24.8. The van der Waals surface area contributed by atoms with Gasteiger partial charge in [0.2, 0.25) is 6.71 Å². The van der Waals surface area contributed by atoms with Gasteiger partial charge in [0, 0.05) is 54.5 Å². The number of alkyl halides is 3. The zero-order valence-electron chi connectivity index (χ0n) is 64.5. The lowest BCUT2D eigenvalue weighted by Crippen LogP contribution is -2.77. The van der Waals surface area contributed by atoms with Gasteiger partial charge in [-0.25, -0.2) is 0 Å². The maximum absolute atomic E-state index is 14.0. The first-order valence-corrected chi connectivity index (χ1v) is 45.3. The molecular formula is C102H74B3F3N2O2S2Si2. The molecule has 4 nitrogen and oxygen atoms in total. The van der Waals surface area contributed by atoms with Crippen molar-refractivity contribution in [2.45, 2.75) is 60.4 Å². The highest BCUT2D eigenvalue weighted by Crippen LogP contribution is 2.48. The summed E-state index contributed by atoms with van der Waals surface area (Å²) in [4.78, 5) is 9.41. The Morgan fingerprint density at radius 2 is 0.690 bits per heavy atom. The van der Waals surface area contributed by atoms with E-state index in [2.05, 4.69) is 366 Å². The quantitative estimate of drug-likeness (QED) is 0.134. The lowest BCUT2D eigenvalue weighted by Gasteiger charge is -2.45. The molecular weight excluding hydrogens is 1490 g/mol. The first kappa shape index (κ1) is 71.6. The minimum Gasteiger partial charge on any atom is -0.458 e. The SMILES string of the molecule is Cc1cc(C)c(B(c2ccc3c(c2)Oc2cc(N4c5ccccc5[Si](c5ccccc5)(c5ccccc5)c5ccccc54)cc4c2B3c2ccccc2S4)c2c(C)cccc2C)c(C)c1.FC(F)(F)c1ccc2c(c1)B1c3ccccc3Sc3cc(N4c5ccccc5[Si](c5ccccc5)(c5ccccc5)c5ccccc54)cc(c31)O2. The Balaban J connectivity index is 0.000000149. The summed E-state index contributed by atoms with van der Waals surface area (Å²) in [5.41, 5.74) is 22.8. The number of hydrogen-bond acceptors (Lipinski definition) is 6. The van der Waals surface area contributed by atoms with Crippen molar-refractivity contribution in [3.05, 3.63) is 391 Å². The van der Waals surface area contributed by atoms with Gasteiger partial charge in [-0.3, -0.25) is 0 Å². The molecule has 554 valence electrons. The molecule has 22 rings (SSSR count). The molecule has 0 saturated heterocycles. The molecule has 6 aliphatic heterocycles. The lowest BCUT2D eigenvalue weighted by atomic mass is 9.32. The van der Waals surface area contributed by atoms with Crippen molar-refractivity contribution in [3.63, 3.8) is 0 Å². The fourth-order valence-corrected chi connectivity index (χ4v) is 32.9. The Kier molecular flexibility index (Phi) is 17.3. The summed E-state index contributed by atoms with van der Waals surface area (Å²) in [7, 11) is -5.55. The standard InChI is InChI=1S/C59H47B2NOSSi.C43H27BF3NOSSi/c1-38-33-41(4)58(42(5)34-38)60(57-39(2)19-18-20-40(57)3)43-31-32-47-51(35-43)63-52-36-44(37-54-59(52)61(47)48-25-12-15-28-53(48)64-54)62-49-26-13-16-29-55(49)65(45-21-8-6-9-22-45,46-23-10-7-11-24-46)56-30-17-14-27-50(56)62;45-43(46,47)28-23-24-36-33(25-28)44-32-17-7-10-20-38(32)50-39-27-29(26-37(49-36)42(39)44)48-34-18-8-11-21-40(34)51(30-13-3-1-4-14-30,31-15-5-2-6-16-31)41-22-12-9-19-35(41)48/h6-37H,1-5H3;1-27H. The van der Waals surface area contributed by atoms with Crippen LogP contribution in [-0.4, -0.2) is 36.3 Å². The van der Waals surface area contributed by atoms with E-state index in [1.807, 2.05) is 30.0 Å². The summed E-state index contributed by atoms with van der Waals surface area (Å²) < 4.78 is 56.0. The van der Waals surface area contributed by atoms with Crippen LogP contribution in [0.5, 0.6) is 23.0 Å². The molecule has 16 aromatic rings. The Bertz CT molecular complexity index is 6440. The van der Waals surface area contributed by atoms with E-state index >= 15 is 0 Å². The van der Waals surface area contributed by atoms with Crippen LogP contribution in [0.2, 0.25) is 0 Å². The van der Waals surface area contributed by atoms with Crippen molar-refractivity contribution in [1.29, 1.82) is 0 Å². The van der Waals surface area contributed by atoms with E-state index in [0.717, 1.165) is 61.0 Å². The number of fused-ring (bicyclic) bond motifs is 12. The number of rotatable bonds is 9. The third kappa shape index (κ3) is 11.2. The molecule has 6 heterocycles. The fraction of sp³-hybridized carbons (Fsp3) is 0.0588. The van der Waals surface area contributed by atoms with Crippen LogP contribution in [0.4, 0.5) is 47.3 Å². The van der Waals surface area contributed by atoms with E-state index in [9.17, 15) is 13.2 Å². The number of aryl methyl sites for hydroxylation is 5. The van der Waals surface area contributed by atoms with Gasteiger partial charge in [-0.1, -0.05) is 358 Å². The van der Waals surface area contributed by atoms with Crippen molar-refractivity contribution in [2.75, 3.05) is 9.80 Å². The Morgan fingerprint density at radius 1 is 0.310 bits per heavy atom. The van der Waals surface area contributed by atoms with E-state index in [1.165, 1.54) is 135 Å². The van der Waals surface area contributed by atoms with Gasteiger partial charge in [0.25, 0.3) is 13.4 Å². The van der Waals surface area contributed by atoms with Crippen LogP contribution < -0.4 is 110 Å². The number of ether oxygens (including phenoxy) is 2. The lowest BCUT2D eigenvalue weighted by molar-refractivity contribution is -0.137. The molecule has 0 atom stereocenters. The first-order chi connectivity index (χ1) is 56.7. The highest BCUT2D eigenvalue weighted by atomic mass is 32.2. The minimum atomic E-state index is -4.46. The predicted molar refractivity (Wildman–Crippen MR) is 486 cm³/mol. The minimum absolute atomic E-state index is 0.0444. The van der Waals surface area contributed by atoms with Gasteiger partial charge < -0.3 is 19.3 Å². The van der Waals surface area contributed by atoms with Crippen molar-refractivity contribution in [1.82, 2.24) is 0 Å². The second-order valence-corrected chi connectivity index (χ2v) is 41.0. The van der Waals surface area contributed by atoms with E-state index in [0.29, 0.717) is 17.0 Å². The van der Waals surface area contributed by atoms with E-state index < -0.39 is 27.9 Å². The third-order valence-corrected chi connectivity index (χ3v) is 36.8. The van der Waals surface area contributed by atoms with Gasteiger partial charge in [-0.2, -0.15) is 13.2 Å². The fourth-order valence-electron chi connectivity index (χ4n) is 20.3. The molecule has 0 fully saturated rings. The van der Waals surface area contributed by atoms with E-state index in [4.69, 9.17) is 9.47 Å². The average Bonchev–Trinajstić information content (AvgIpc) is 0.702. The monoisotopic (exact) mass is 1570 g/mol. The number of anilines is 6. The number of hydrogen-bond donors (Lipinski definition) is 0. The van der Waals surface area contributed by atoms with Crippen LogP contribution in [0.25, 0.3) is 0 Å². The summed E-state index contributed by atoms with van der Waals surface area (Å²) in [5.74, 6) is 2.97. The van der Waals surface area contributed by atoms with Crippen LogP contribution in [0.1, 0.15) is 33.4 Å². The Labute approximate surface area is 686 Å². The molecule has 0 aliphatic carbocycles. The highest BCUT2D eigenvalue weighted by Gasteiger charge is 2.52. The molecule has 16 aromatic carbocycles. The largest absolute Gasteiger partial charge is 0.458 e. The van der Waals surface area contributed by atoms with Gasteiger partial charge in [-0.15, -0.1) is 0 Å². The molecule has 0 amide bonds. The normalized spacial score (nSPS) is 14.2. The van der Waals surface area contributed by atoms with Crippen LogP contribution in [-0.2, 0) is 6.18 Å². The molecule has 0 bridgehead atoms. The van der Waals surface area contributed by atoms with Gasteiger partial charge in [-0.05, 0) is 165 Å². The summed E-state index contributed by atoms with van der Waals surface area (Å²) in [5, 5.41) is 10.7. The van der Waals surface area contributed by atoms with E-state index in [-0.39, 0.29) is 20.1 Å². The van der Waals surface area contributed by atoms with Crippen molar-refractivity contribution >= 4 is 185 Å². The zero-order chi connectivity index (χ0) is 78.3. The van der Waals surface area contributed by atoms with Crippen molar-refractivity contribution in [3.8, 4) is 23.0 Å². The number of para-hydroxylation sites is 4.